The Morgan fingerprint density at radius 3 is 2.67 bits per heavy atom. The third-order valence-corrected chi connectivity index (χ3v) is 4.67. The maximum absolute atomic E-state index is 11.7. The Labute approximate surface area is 111 Å². The van der Waals surface area contributed by atoms with Gasteiger partial charge in [-0.05, 0) is 47.0 Å². The topological polar surface area (TPSA) is 37.4 Å². The molecule has 0 bridgehead atoms. The molecule has 0 unspecified atom stereocenters. The highest BCUT2D eigenvalue weighted by Crippen LogP contribution is 2.34. The van der Waals surface area contributed by atoms with Crippen LogP contribution in [0.25, 0.3) is 10.8 Å². The molecule has 0 atom stereocenters. The summed E-state index contributed by atoms with van der Waals surface area (Å²) in [7, 11) is -3.19. The highest BCUT2D eigenvalue weighted by atomic mass is 35.5. The molecule has 5 heteroatoms. The Bertz CT molecular complexity index is 740. The van der Waals surface area contributed by atoms with E-state index in [1.165, 1.54) is 10.6 Å². The van der Waals surface area contributed by atoms with Crippen LogP contribution in [0.2, 0.25) is 5.02 Å². The fraction of sp³-hybridized carbons (Fsp3) is 0.231. The van der Waals surface area contributed by atoms with Crippen molar-refractivity contribution in [2.24, 2.45) is 0 Å². The lowest BCUT2D eigenvalue weighted by Gasteiger charge is -2.16. The first kappa shape index (κ1) is 11.8. The number of sulfonamides is 1. The number of rotatable bonds is 1. The second-order valence-corrected chi connectivity index (χ2v) is 6.90. The molecule has 0 aliphatic carbocycles. The molecule has 1 aliphatic heterocycles. The van der Waals surface area contributed by atoms with E-state index >= 15 is 0 Å². The summed E-state index contributed by atoms with van der Waals surface area (Å²) in [6.07, 6.45) is 2.00. The molecule has 2 aromatic carbocycles. The second-order valence-electron chi connectivity index (χ2n) is 4.56. The number of hydrogen-bond donors (Lipinski definition) is 0. The minimum atomic E-state index is -3.19. The SMILES string of the molecule is CS(=O)(=O)N1CCc2cc3cc(Cl)ccc3cc21. The molecule has 1 aliphatic rings. The molecule has 0 saturated carbocycles. The van der Waals surface area contributed by atoms with Gasteiger partial charge >= 0.3 is 0 Å². The standard InChI is InChI=1S/C13H12ClNO2S/c1-18(16,17)15-5-4-10-6-11-7-12(14)3-2-9(11)8-13(10)15/h2-3,6-8H,4-5H2,1H3. The van der Waals surface area contributed by atoms with Crippen LogP contribution in [0.1, 0.15) is 5.56 Å². The summed E-state index contributed by atoms with van der Waals surface area (Å²) in [6.45, 7) is 0.526. The number of anilines is 1. The fourth-order valence-corrected chi connectivity index (χ4v) is 3.55. The van der Waals surface area contributed by atoms with Crippen molar-refractivity contribution in [1.29, 1.82) is 0 Å². The van der Waals surface area contributed by atoms with Gasteiger partial charge in [0.25, 0.3) is 0 Å². The largest absolute Gasteiger partial charge is 0.270 e. The highest BCUT2D eigenvalue weighted by molar-refractivity contribution is 7.92. The normalized spacial score (nSPS) is 15.1. The summed E-state index contributed by atoms with van der Waals surface area (Å²) in [4.78, 5) is 0. The van der Waals surface area contributed by atoms with E-state index in [0.717, 1.165) is 28.4 Å². The molecule has 18 heavy (non-hydrogen) atoms. The number of halogens is 1. The number of benzene rings is 2. The zero-order chi connectivity index (χ0) is 12.9. The van der Waals surface area contributed by atoms with Crippen LogP contribution in [0.3, 0.4) is 0 Å². The van der Waals surface area contributed by atoms with Crippen LogP contribution < -0.4 is 4.31 Å². The predicted molar refractivity (Wildman–Crippen MR) is 74.9 cm³/mol. The van der Waals surface area contributed by atoms with E-state index in [1.54, 1.807) is 0 Å². The molecular formula is C13H12ClNO2S. The minimum Gasteiger partial charge on any atom is -0.270 e. The average molecular weight is 282 g/mol. The van der Waals surface area contributed by atoms with E-state index in [-0.39, 0.29) is 0 Å². The summed E-state index contributed by atoms with van der Waals surface area (Å²) in [5, 5.41) is 2.76. The van der Waals surface area contributed by atoms with Gasteiger partial charge in [0.2, 0.25) is 10.0 Å². The Hall–Kier alpha value is -1.26. The second kappa shape index (κ2) is 3.87. The van der Waals surface area contributed by atoms with Crippen molar-refractivity contribution in [3.05, 3.63) is 40.9 Å². The van der Waals surface area contributed by atoms with E-state index in [1.807, 2.05) is 30.3 Å². The van der Waals surface area contributed by atoms with Crippen LogP contribution in [-0.4, -0.2) is 21.2 Å². The van der Waals surface area contributed by atoms with Crippen molar-refractivity contribution in [1.82, 2.24) is 0 Å². The summed E-state index contributed by atoms with van der Waals surface area (Å²) in [5.74, 6) is 0. The predicted octanol–water partition coefficient (Wildman–Crippen LogP) is 2.82. The average Bonchev–Trinajstić information content (AvgIpc) is 2.68. The monoisotopic (exact) mass is 281 g/mol. The third kappa shape index (κ3) is 1.85. The first-order valence-electron chi connectivity index (χ1n) is 5.65. The zero-order valence-corrected chi connectivity index (χ0v) is 11.4. The Morgan fingerprint density at radius 1 is 1.17 bits per heavy atom. The number of hydrogen-bond acceptors (Lipinski definition) is 2. The Morgan fingerprint density at radius 2 is 1.94 bits per heavy atom. The van der Waals surface area contributed by atoms with Crippen LogP contribution in [0, 0.1) is 0 Å². The van der Waals surface area contributed by atoms with Crippen molar-refractivity contribution in [3.63, 3.8) is 0 Å². The molecule has 3 rings (SSSR count). The molecule has 0 amide bonds. The molecule has 0 spiro atoms. The molecular weight excluding hydrogens is 270 g/mol. The third-order valence-electron chi connectivity index (χ3n) is 3.25. The maximum atomic E-state index is 11.7. The smallest absolute Gasteiger partial charge is 0.232 e. The van der Waals surface area contributed by atoms with Gasteiger partial charge < -0.3 is 0 Å². The van der Waals surface area contributed by atoms with E-state index in [9.17, 15) is 8.42 Å². The van der Waals surface area contributed by atoms with Crippen LogP contribution in [0.5, 0.6) is 0 Å². The molecule has 0 fully saturated rings. The van der Waals surface area contributed by atoms with Gasteiger partial charge in [-0.15, -0.1) is 0 Å². The van der Waals surface area contributed by atoms with E-state index in [4.69, 9.17) is 11.6 Å². The summed E-state index contributed by atoms with van der Waals surface area (Å²) in [5.41, 5.74) is 1.86. The molecule has 0 saturated heterocycles. The van der Waals surface area contributed by atoms with Crippen LogP contribution in [0.4, 0.5) is 5.69 Å². The lowest BCUT2D eigenvalue weighted by Crippen LogP contribution is -2.27. The van der Waals surface area contributed by atoms with E-state index in [0.29, 0.717) is 11.6 Å². The van der Waals surface area contributed by atoms with Gasteiger partial charge in [0, 0.05) is 11.6 Å². The van der Waals surface area contributed by atoms with Gasteiger partial charge in [-0.2, -0.15) is 0 Å². The summed E-state index contributed by atoms with van der Waals surface area (Å²) in [6, 6.07) is 9.59. The lowest BCUT2D eigenvalue weighted by molar-refractivity contribution is 0.598. The molecule has 2 aromatic rings. The highest BCUT2D eigenvalue weighted by Gasteiger charge is 2.26. The quantitative estimate of drug-likeness (QED) is 0.806. The van der Waals surface area contributed by atoms with Gasteiger partial charge in [-0.3, -0.25) is 4.31 Å². The Kier molecular flexibility index (Phi) is 2.54. The van der Waals surface area contributed by atoms with Gasteiger partial charge in [0.05, 0.1) is 11.9 Å². The Balaban J connectivity index is 2.24. The molecule has 0 N–H and O–H groups in total. The molecule has 0 radical (unpaired) electrons. The molecule has 0 aromatic heterocycles. The molecule has 1 heterocycles. The first-order chi connectivity index (χ1) is 8.45. The van der Waals surface area contributed by atoms with Crippen LogP contribution >= 0.6 is 11.6 Å². The van der Waals surface area contributed by atoms with Crippen LogP contribution in [0.15, 0.2) is 30.3 Å². The number of fused-ring (bicyclic) bond motifs is 2. The van der Waals surface area contributed by atoms with Crippen molar-refractivity contribution in [2.45, 2.75) is 6.42 Å². The van der Waals surface area contributed by atoms with Crippen LogP contribution in [-0.2, 0) is 16.4 Å². The fourth-order valence-electron chi connectivity index (χ4n) is 2.42. The van der Waals surface area contributed by atoms with Crippen molar-refractivity contribution >= 4 is 38.1 Å². The van der Waals surface area contributed by atoms with Gasteiger partial charge in [0.1, 0.15) is 0 Å². The van der Waals surface area contributed by atoms with Crippen molar-refractivity contribution in [2.75, 3.05) is 17.1 Å². The van der Waals surface area contributed by atoms with E-state index < -0.39 is 10.0 Å². The van der Waals surface area contributed by atoms with Crippen molar-refractivity contribution < 1.29 is 8.42 Å². The zero-order valence-electron chi connectivity index (χ0n) is 9.85. The van der Waals surface area contributed by atoms with Gasteiger partial charge in [0.15, 0.2) is 0 Å². The minimum absolute atomic E-state index is 0.526. The lowest BCUT2D eigenvalue weighted by atomic mass is 10.1. The first-order valence-corrected chi connectivity index (χ1v) is 7.88. The molecule has 94 valence electrons. The number of nitrogens with zero attached hydrogens (tertiary/aromatic N) is 1. The maximum Gasteiger partial charge on any atom is 0.232 e. The van der Waals surface area contributed by atoms with Gasteiger partial charge in [-0.1, -0.05) is 17.7 Å². The molecule has 3 nitrogen and oxygen atoms in total. The van der Waals surface area contributed by atoms with Gasteiger partial charge in [-0.25, -0.2) is 8.42 Å². The summed E-state index contributed by atoms with van der Waals surface area (Å²) < 4.78 is 24.9. The summed E-state index contributed by atoms with van der Waals surface area (Å²) >= 11 is 5.96. The van der Waals surface area contributed by atoms with Crippen molar-refractivity contribution in [3.8, 4) is 0 Å². The van der Waals surface area contributed by atoms with E-state index in [2.05, 4.69) is 0 Å².